The second kappa shape index (κ2) is 7.68. The van der Waals surface area contributed by atoms with Gasteiger partial charge in [0.25, 0.3) is 0 Å². The third kappa shape index (κ3) is 22.5. The van der Waals surface area contributed by atoms with Crippen LogP contribution in [0.15, 0.2) is 0 Å². The molecule has 0 aromatic carbocycles. The van der Waals surface area contributed by atoms with Gasteiger partial charge in [-0.05, 0) is 10.3 Å². The first-order valence-electron chi connectivity index (χ1n) is 3.50. The van der Waals surface area contributed by atoms with E-state index >= 15 is 0 Å². The fraction of sp³-hybridized carbons (Fsp3) is 0.800. The van der Waals surface area contributed by atoms with Crippen molar-refractivity contribution in [1.82, 2.24) is 0 Å². The Labute approximate surface area is 101 Å². The zero-order valence-corrected chi connectivity index (χ0v) is 14.6. The molecule has 0 radical (unpaired) electrons. The molecule has 0 amide bonds. The quantitative estimate of drug-likeness (QED) is 0.348. The van der Waals surface area contributed by atoms with E-state index in [2.05, 4.69) is 41.5 Å². The topological polar surface area (TPSA) is 0 Å². The molecule has 0 aliphatic rings. The first-order chi connectivity index (χ1) is 3.71. The summed E-state index contributed by atoms with van der Waals surface area (Å²) >= 11 is 0. The monoisotopic (exact) mass is 356 g/mol. The Hall–Kier alpha value is 1.30. The van der Waals surface area contributed by atoms with Crippen molar-refractivity contribution in [2.75, 3.05) is 0 Å². The van der Waals surface area contributed by atoms with Gasteiger partial charge in [0.15, 0.2) is 0 Å². The van der Waals surface area contributed by atoms with Crippen molar-refractivity contribution in [2.45, 2.75) is 51.9 Å². The third-order valence-corrected chi connectivity index (χ3v) is 2.25. The van der Waals surface area contributed by atoms with E-state index in [9.17, 15) is 0 Å². The molecule has 0 N–H and O–H groups in total. The fourth-order valence-electron chi connectivity index (χ4n) is 1.12. The summed E-state index contributed by atoms with van der Waals surface area (Å²) in [5.74, 6) is 0. The fourth-order valence-corrected chi connectivity index (χ4v) is 3.38. The van der Waals surface area contributed by atoms with Crippen LogP contribution in [0.1, 0.15) is 41.5 Å². The van der Waals surface area contributed by atoms with Crippen molar-refractivity contribution in [3.05, 3.63) is 14.9 Å². The Bertz CT molecular complexity index is 75.0. The van der Waals surface area contributed by atoms with Crippen molar-refractivity contribution >= 4 is 8.58 Å². The maximum Gasteiger partial charge on any atom is 0 e. The Morgan fingerprint density at radius 3 is 0.833 bits per heavy atom. The average Bonchev–Trinajstić information content (AvgIpc) is 1.14. The van der Waals surface area contributed by atoms with Gasteiger partial charge in [-0.3, -0.25) is 0 Å². The van der Waals surface area contributed by atoms with E-state index in [0.717, 1.165) is 8.58 Å². The second-order valence-corrected chi connectivity index (χ2v) is 7.88. The molecule has 0 atom stereocenters. The Morgan fingerprint density at radius 1 is 0.667 bits per heavy atom. The summed E-state index contributed by atoms with van der Waals surface area (Å²) in [6.45, 7) is 13.8. The second-order valence-electron chi connectivity index (χ2n) is 4.62. The van der Waals surface area contributed by atoms with Crippen molar-refractivity contribution in [3.63, 3.8) is 0 Å². The van der Waals surface area contributed by atoms with E-state index in [4.69, 9.17) is 0 Å². The molecule has 76 valence electrons. The largest absolute Gasteiger partial charge is 0.358 e. The minimum Gasteiger partial charge on any atom is -0.358 e. The van der Waals surface area contributed by atoms with Gasteiger partial charge in [-0.15, -0.1) is 8.58 Å². The van der Waals surface area contributed by atoms with Gasteiger partial charge >= 0.3 is 0 Å². The van der Waals surface area contributed by atoms with Crippen molar-refractivity contribution in [3.8, 4) is 0 Å². The summed E-state index contributed by atoms with van der Waals surface area (Å²) in [6.07, 6.45) is 0. The molecule has 0 aliphatic carbocycles. The standard InChI is InChI=1S/C8H19P.2CH3.Hf/c1-7(2,3)9-8(4,5)6;;;/h9H,1-6H3;2*1H3;/q;2*-1;. The van der Waals surface area contributed by atoms with E-state index < -0.39 is 0 Å². The van der Waals surface area contributed by atoms with E-state index in [1.807, 2.05) is 0 Å². The number of hydrogen-bond acceptors (Lipinski definition) is 0. The Morgan fingerprint density at radius 2 is 0.833 bits per heavy atom. The average molecular weight is 355 g/mol. The molecule has 0 saturated heterocycles. The van der Waals surface area contributed by atoms with Crippen LogP contribution in [0, 0.1) is 14.9 Å². The molecule has 0 fully saturated rings. The summed E-state index contributed by atoms with van der Waals surface area (Å²) in [5, 5.41) is 1.02. The van der Waals surface area contributed by atoms with Gasteiger partial charge in [0.1, 0.15) is 0 Å². The molecule has 0 aliphatic heterocycles. The van der Waals surface area contributed by atoms with Crippen molar-refractivity contribution in [2.24, 2.45) is 0 Å². The predicted molar refractivity (Wildman–Crippen MR) is 60.6 cm³/mol. The van der Waals surface area contributed by atoms with Crippen LogP contribution in [0.25, 0.3) is 0 Å². The van der Waals surface area contributed by atoms with Gasteiger partial charge < -0.3 is 14.9 Å². The van der Waals surface area contributed by atoms with Crippen LogP contribution in [-0.2, 0) is 25.8 Å². The number of hydrogen-bond donors (Lipinski definition) is 0. The Balaban J connectivity index is -0.000000107. The summed E-state index contributed by atoms with van der Waals surface area (Å²) < 4.78 is 0. The molecule has 12 heavy (non-hydrogen) atoms. The molecule has 0 heterocycles. The SMILES string of the molecule is CC(C)(C)PC(C)(C)C.[CH3-].[CH3-].[Hf]. The first kappa shape index (κ1) is 23.3. The van der Waals surface area contributed by atoms with Crippen LogP contribution in [-0.4, -0.2) is 10.3 Å². The molecule has 0 rings (SSSR count). The minimum atomic E-state index is 0. The van der Waals surface area contributed by atoms with Crippen LogP contribution in [0.4, 0.5) is 0 Å². The zero-order valence-electron chi connectivity index (χ0n) is 10.0. The van der Waals surface area contributed by atoms with Crippen LogP contribution in [0.3, 0.4) is 0 Å². The van der Waals surface area contributed by atoms with Crippen LogP contribution < -0.4 is 0 Å². The molecule has 0 bridgehead atoms. The van der Waals surface area contributed by atoms with E-state index in [0.29, 0.717) is 10.3 Å². The van der Waals surface area contributed by atoms with Gasteiger partial charge in [0.05, 0.1) is 0 Å². The number of rotatable bonds is 0. The Kier molecular flexibility index (Phi) is 14.9. The first-order valence-corrected chi connectivity index (χ1v) is 4.50. The molecule has 0 aromatic heterocycles. The van der Waals surface area contributed by atoms with Gasteiger partial charge in [-0.1, -0.05) is 41.5 Å². The summed E-state index contributed by atoms with van der Waals surface area (Å²) in [6, 6.07) is 0. The zero-order chi connectivity index (χ0) is 7.71. The van der Waals surface area contributed by atoms with Gasteiger partial charge in [-0.2, -0.15) is 0 Å². The van der Waals surface area contributed by atoms with Gasteiger partial charge in [-0.25, -0.2) is 0 Å². The molecule has 2 heteroatoms. The van der Waals surface area contributed by atoms with Crippen LogP contribution >= 0.6 is 8.58 Å². The van der Waals surface area contributed by atoms with Crippen molar-refractivity contribution < 1.29 is 25.8 Å². The van der Waals surface area contributed by atoms with E-state index in [1.165, 1.54) is 0 Å². The minimum absolute atomic E-state index is 0. The third-order valence-electron chi connectivity index (χ3n) is 0.750. The predicted octanol–water partition coefficient (Wildman–Crippen LogP) is 4.16. The maximum absolute atomic E-state index is 2.30. The molecule has 0 aromatic rings. The van der Waals surface area contributed by atoms with Crippen LogP contribution in [0.5, 0.6) is 0 Å². The van der Waals surface area contributed by atoms with Crippen LogP contribution in [0.2, 0.25) is 0 Å². The molecular formula is C10H25HfP-2. The molecule has 0 nitrogen and oxygen atoms in total. The van der Waals surface area contributed by atoms with Gasteiger partial charge in [0.2, 0.25) is 0 Å². The summed E-state index contributed by atoms with van der Waals surface area (Å²) in [4.78, 5) is 0. The normalized spacial score (nSPS) is 10.5. The molecule has 0 spiro atoms. The summed E-state index contributed by atoms with van der Waals surface area (Å²) in [7, 11) is 1.05. The van der Waals surface area contributed by atoms with E-state index in [1.54, 1.807) is 0 Å². The van der Waals surface area contributed by atoms with Gasteiger partial charge in [0, 0.05) is 25.8 Å². The molecule has 0 unspecified atom stereocenters. The summed E-state index contributed by atoms with van der Waals surface area (Å²) in [5.41, 5.74) is 0. The molecule has 0 saturated carbocycles. The van der Waals surface area contributed by atoms with Crippen molar-refractivity contribution in [1.29, 1.82) is 0 Å². The van der Waals surface area contributed by atoms with E-state index in [-0.39, 0.29) is 40.7 Å². The maximum atomic E-state index is 2.30. The smallest absolute Gasteiger partial charge is 0 e. The molecular weight excluding hydrogens is 330 g/mol.